The summed E-state index contributed by atoms with van der Waals surface area (Å²) < 4.78 is 4.82. The number of thiazole rings is 1. The van der Waals surface area contributed by atoms with Crippen LogP contribution in [0.5, 0.6) is 0 Å². The topological polar surface area (TPSA) is 119 Å². The van der Waals surface area contributed by atoms with Gasteiger partial charge in [0.1, 0.15) is 10.7 Å². The van der Waals surface area contributed by atoms with E-state index in [0.717, 1.165) is 0 Å². The van der Waals surface area contributed by atoms with Crippen molar-refractivity contribution in [3.8, 4) is 0 Å². The second-order valence-corrected chi connectivity index (χ2v) is 5.44. The lowest BCUT2D eigenvalue weighted by molar-refractivity contribution is 0.0954. The van der Waals surface area contributed by atoms with E-state index >= 15 is 0 Å². The number of amides is 1. The van der Waals surface area contributed by atoms with E-state index in [-0.39, 0.29) is 24.3 Å². The monoisotopic (exact) mass is 296 g/mol. The van der Waals surface area contributed by atoms with Crippen LogP contribution in [0.4, 0.5) is 10.9 Å². The van der Waals surface area contributed by atoms with E-state index in [2.05, 4.69) is 25.8 Å². The third kappa shape index (κ3) is 3.44. The second-order valence-electron chi connectivity index (χ2n) is 4.44. The summed E-state index contributed by atoms with van der Waals surface area (Å²) in [7, 11) is 0. The Bertz CT molecular complexity index is 606. The molecule has 2 heterocycles. The largest absolute Gasteiger partial charge is 0.382 e. The van der Waals surface area contributed by atoms with Crippen LogP contribution < -0.4 is 16.4 Å². The highest BCUT2D eigenvalue weighted by Gasteiger charge is 2.17. The van der Waals surface area contributed by atoms with E-state index in [1.54, 1.807) is 6.92 Å². The molecule has 0 atom stereocenters. The molecule has 0 aliphatic carbocycles. The molecule has 1 amide bonds. The maximum absolute atomic E-state index is 12.0. The highest BCUT2D eigenvalue weighted by molar-refractivity contribution is 7.18. The third-order valence-electron chi connectivity index (χ3n) is 2.25. The first-order valence-electron chi connectivity index (χ1n) is 6.06. The van der Waals surface area contributed by atoms with Gasteiger partial charge in [-0.3, -0.25) is 4.79 Å². The summed E-state index contributed by atoms with van der Waals surface area (Å²) in [5.74, 6) is 0.772. The standard InChI is InChI=1S/C11H16N6O2S/c1-5(2)14-11-16-9(12)8(20-11)10(18)13-4-7-15-6(3)19-17-7/h5H,4,12H2,1-3H3,(H,13,18)(H,14,16). The summed E-state index contributed by atoms with van der Waals surface area (Å²) >= 11 is 1.21. The number of nitrogens with zero attached hydrogens (tertiary/aromatic N) is 3. The number of hydrogen-bond acceptors (Lipinski definition) is 8. The summed E-state index contributed by atoms with van der Waals surface area (Å²) in [6.45, 7) is 5.83. The molecule has 2 aromatic rings. The van der Waals surface area contributed by atoms with Crippen molar-refractivity contribution in [3.63, 3.8) is 0 Å². The number of rotatable bonds is 5. The average molecular weight is 296 g/mol. The molecule has 0 bridgehead atoms. The van der Waals surface area contributed by atoms with Crippen LogP contribution in [0, 0.1) is 6.92 Å². The first-order valence-corrected chi connectivity index (χ1v) is 6.87. The molecule has 2 aromatic heterocycles. The van der Waals surface area contributed by atoms with E-state index in [9.17, 15) is 4.79 Å². The smallest absolute Gasteiger partial charge is 0.265 e. The predicted molar refractivity (Wildman–Crippen MR) is 75.5 cm³/mol. The highest BCUT2D eigenvalue weighted by atomic mass is 32.1. The Morgan fingerprint density at radius 2 is 2.20 bits per heavy atom. The summed E-state index contributed by atoms with van der Waals surface area (Å²) in [5, 5.41) is 10.1. The van der Waals surface area contributed by atoms with Crippen molar-refractivity contribution in [1.82, 2.24) is 20.4 Å². The minimum absolute atomic E-state index is 0.181. The van der Waals surface area contributed by atoms with Crippen LogP contribution in [-0.4, -0.2) is 27.1 Å². The van der Waals surface area contributed by atoms with Crippen molar-refractivity contribution < 1.29 is 9.32 Å². The zero-order valence-electron chi connectivity index (χ0n) is 11.4. The number of carbonyl (C=O) groups is 1. The van der Waals surface area contributed by atoms with E-state index in [0.29, 0.717) is 21.7 Å². The first-order chi connectivity index (χ1) is 9.45. The van der Waals surface area contributed by atoms with Crippen LogP contribution in [-0.2, 0) is 6.54 Å². The predicted octanol–water partition coefficient (Wildman–Crippen LogP) is 1.17. The number of nitrogen functional groups attached to an aromatic ring is 1. The molecule has 0 aromatic carbocycles. The van der Waals surface area contributed by atoms with Crippen molar-refractivity contribution in [3.05, 3.63) is 16.6 Å². The minimum atomic E-state index is -0.306. The van der Waals surface area contributed by atoms with E-state index < -0.39 is 0 Å². The maximum Gasteiger partial charge on any atom is 0.265 e. The van der Waals surface area contributed by atoms with E-state index in [4.69, 9.17) is 10.3 Å². The zero-order chi connectivity index (χ0) is 14.7. The molecule has 0 aliphatic heterocycles. The number of nitrogens with one attached hydrogen (secondary N) is 2. The SMILES string of the molecule is Cc1nc(CNC(=O)c2sc(NC(C)C)nc2N)no1. The van der Waals surface area contributed by atoms with Crippen molar-refractivity contribution in [2.24, 2.45) is 0 Å². The van der Waals surface area contributed by atoms with Crippen molar-refractivity contribution >= 4 is 28.2 Å². The Balaban J connectivity index is 2.00. The van der Waals surface area contributed by atoms with Gasteiger partial charge in [0.25, 0.3) is 5.91 Å². The molecular formula is C11H16N6O2S. The normalized spacial score (nSPS) is 10.8. The van der Waals surface area contributed by atoms with Gasteiger partial charge >= 0.3 is 0 Å². The summed E-state index contributed by atoms with van der Waals surface area (Å²) in [4.78, 5) is 20.5. The van der Waals surface area contributed by atoms with Gasteiger partial charge in [0.05, 0.1) is 6.54 Å². The maximum atomic E-state index is 12.0. The molecule has 0 saturated carbocycles. The Labute approximate surface area is 119 Å². The fourth-order valence-corrected chi connectivity index (χ4v) is 2.40. The van der Waals surface area contributed by atoms with Gasteiger partial charge in [0.2, 0.25) is 5.89 Å². The number of aromatic nitrogens is 3. The van der Waals surface area contributed by atoms with Crippen molar-refractivity contribution in [1.29, 1.82) is 0 Å². The van der Waals surface area contributed by atoms with Crippen LogP contribution in [0.15, 0.2) is 4.52 Å². The Kier molecular flexibility index (Phi) is 4.18. The highest BCUT2D eigenvalue weighted by Crippen LogP contribution is 2.25. The molecule has 0 saturated heterocycles. The zero-order valence-corrected chi connectivity index (χ0v) is 12.2. The summed E-state index contributed by atoms with van der Waals surface area (Å²) in [6, 6.07) is 0.221. The second kappa shape index (κ2) is 5.87. The fraction of sp³-hybridized carbons (Fsp3) is 0.455. The van der Waals surface area contributed by atoms with Gasteiger partial charge in [-0.1, -0.05) is 16.5 Å². The Morgan fingerprint density at radius 1 is 1.45 bits per heavy atom. The summed E-state index contributed by atoms with van der Waals surface area (Å²) in [5.41, 5.74) is 5.74. The van der Waals surface area contributed by atoms with Crippen LogP contribution in [0.3, 0.4) is 0 Å². The minimum Gasteiger partial charge on any atom is -0.382 e. The number of nitrogens with two attached hydrogens (primary N) is 1. The van der Waals surface area contributed by atoms with E-state index in [1.165, 1.54) is 11.3 Å². The molecular weight excluding hydrogens is 280 g/mol. The summed E-state index contributed by atoms with van der Waals surface area (Å²) in [6.07, 6.45) is 0. The molecule has 9 heteroatoms. The Hall–Kier alpha value is -2.16. The molecule has 0 unspecified atom stereocenters. The molecule has 8 nitrogen and oxygen atoms in total. The lowest BCUT2D eigenvalue weighted by Gasteiger charge is -2.03. The van der Waals surface area contributed by atoms with Crippen molar-refractivity contribution in [2.45, 2.75) is 33.4 Å². The third-order valence-corrected chi connectivity index (χ3v) is 3.25. The first kappa shape index (κ1) is 14.3. The Morgan fingerprint density at radius 3 is 2.80 bits per heavy atom. The van der Waals surface area contributed by atoms with Gasteiger partial charge in [0.15, 0.2) is 11.0 Å². The molecule has 0 spiro atoms. The molecule has 0 aliphatic rings. The van der Waals surface area contributed by atoms with E-state index in [1.807, 2.05) is 13.8 Å². The van der Waals surface area contributed by atoms with Crippen LogP contribution in [0.2, 0.25) is 0 Å². The van der Waals surface area contributed by atoms with Gasteiger partial charge < -0.3 is 20.9 Å². The molecule has 2 rings (SSSR count). The molecule has 20 heavy (non-hydrogen) atoms. The lowest BCUT2D eigenvalue weighted by atomic mass is 10.4. The van der Waals surface area contributed by atoms with Gasteiger partial charge in [-0.05, 0) is 13.8 Å². The molecule has 0 radical (unpaired) electrons. The quantitative estimate of drug-likeness (QED) is 0.757. The number of hydrogen-bond donors (Lipinski definition) is 3. The van der Waals surface area contributed by atoms with Crippen LogP contribution in [0.25, 0.3) is 0 Å². The molecule has 4 N–H and O–H groups in total. The fourth-order valence-electron chi connectivity index (χ4n) is 1.46. The van der Waals surface area contributed by atoms with Crippen LogP contribution in [0.1, 0.15) is 35.2 Å². The van der Waals surface area contributed by atoms with Gasteiger partial charge in [0, 0.05) is 13.0 Å². The molecule has 108 valence electrons. The lowest BCUT2D eigenvalue weighted by Crippen LogP contribution is -2.23. The van der Waals surface area contributed by atoms with Crippen molar-refractivity contribution in [2.75, 3.05) is 11.1 Å². The van der Waals surface area contributed by atoms with Crippen LogP contribution >= 0.6 is 11.3 Å². The number of anilines is 2. The number of aryl methyl sites for hydroxylation is 1. The average Bonchev–Trinajstić information content (AvgIpc) is 2.92. The molecule has 0 fully saturated rings. The van der Waals surface area contributed by atoms with Gasteiger partial charge in [-0.15, -0.1) is 0 Å². The van der Waals surface area contributed by atoms with Gasteiger partial charge in [-0.25, -0.2) is 4.98 Å². The van der Waals surface area contributed by atoms with Gasteiger partial charge in [-0.2, -0.15) is 4.98 Å². The number of carbonyl (C=O) groups excluding carboxylic acids is 1.